The maximum Gasteiger partial charge on any atom is 0.414 e. The second-order valence-electron chi connectivity index (χ2n) is 5.76. The molecule has 1 atom stereocenters. The second kappa shape index (κ2) is 6.55. The van der Waals surface area contributed by atoms with E-state index >= 15 is 0 Å². The molecule has 1 rings (SSSR count). The fourth-order valence-corrected chi connectivity index (χ4v) is 2.23. The number of carbonyl (C=O) groups is 2. The number of carbonyl (C=O) groups excluding carboxylic acids is 2. The minimum absolute atomic E-state index is 0.0986. The number of hydrogen-bond donors (Lipinski definition) is 0. The Morgan fingerprint density at radius 1 is 1.36 bits per heavy atom. The maximum atomic E-state index is 12.0. The van der Waals surface area contributed by atoms with Crippen LogP contribution in [0.5, 0.6) is 0 Å². The molecule has 1 aliphatic heterocycles. The summed E-state index contributed by atoms with van der Waals surface area (Å²) >= 11 is 0. The third kappa shape index (κ3) is 5.55. The molecule has 1 heterocycles. The average molecular weight is 335 g/mol. The molecule has 0 N–H and O–H groups in total. The zero-order valence-corrected chi connectivity index (χ0v) is 14.1. The monoisotopic (exact) mass is 335 g/mol. The van der Waals surface area contributed by atoms with Gasteiger partial charge in [-0.15, -0.1) is 0 Å². The van der Waals surface area contributed by atoms with E-state index in [4.69, 9.17) is 13.7 Å². The Morgan fingerprint density at radius 3 is 2.41 bits per heavy atom. The first-order valence-corrected chi connectivity index (χ1v) is 8.52. The molecular weight excluding hydrogens is 314 g/mol. The van der Waals surface area contributed by atoms with Gasteiger partial charge in [0.15, 0.2) is 5.76 Å². The molecule has 0 fully saturated rings. The summed E-state index contributed by atoms with van der Waals surface area (Å²) in [4.78, 5) is 25.0. The highest BCUT2D eigenvalue weighted by atomic mass is 32.2. The standard InChI is InChI=1S/C13H21NO7S/c1-6-19-11(15)9-7-14(12(16)20-13(2,3)4)8-10(9)21-22(5,17)18/h8-9H,6-7H2,1-5H3. The molecule has 0 aliphatic carbocycles. The Kier molecular flexibility index (Phi) is 5.44. The van der Waals surface area contributed by atoms with Gasteiger partial charge in [-0.05, 0) is 27.7 Å². The smallest absolute Gasteiger partial charge is 0.414 e. The molecule has 8 nitrogen and oxygen atoms in total. The Hall–Kier alpha value is -1.77. The number of rotatable bonds is 4. The normalized spacial score (nSPS) is 18.7. The van der Waals surface area contributed by atoms with Crippen molar-refractivity contribution in [3.63, 3.8) is 0 Å². The quantitative estimate of drug-likeness (QED) is 0.563. The van der Waals surface area contributed by atoms with Gasteiger partial charge in [-0.2, -0.15) is 8.42 Å². The van der Waals surface area contributed by atoms with Gasteiger partial charge >= 0.3 is 22.2 Å². The molecule has 0 saturated carbocycles. The van der Waals surface area contributed by atoms with Crippen molar-refractivity contribution in [3.8, 4) is 0 Å². The molecular formula is C13H21NO7S. The SMILES string of the molecule is CCOC(=O)C1CN(C(=O)OC(C)(C)C)C=C1OS(C)(=O)=O. The summed E-state index contributed by atoms with van der Waals surface area (Å²) in [7, 11) is -3.83. The van der Waals surface area contributed by atoms with Crippen LogP contribution in [-0.2, 0) is 28.6 Å². The van der Waals surface area contributed by atoms with Crippen LogP contribution >= 0.6 is 0 Å². The van der Waals surface area contributed by atoms with Crippen LogP contribution in [0.4, 0.5) is 4.79 Å². The van der Waals surface area contributed by atoms with Crippen molar-refractivity contribution in [1.82, 2.24) is 4.90 Å². The highest BCUT2D eigenvalue weighted by Gasteiger charge is 2.38. The summed E-state index contributed by atoms with van der Waals surface area (Å²) in [6.07, 6.45) is 1.30. The summed E-state index contributed by atoms with van der Waals surface area (Å²) in [5.74, 6) is -1.82. The highest BCUT2D eigenvalue weighted by Crippen LogP contribution is 2.27. The zero-order valence-electron chi connectivity index (χ0n) is 13.3. The van der Waals surface area contributed by atoms with Crippen LogP contribution < -0.4 is 0 Å². The van der Waals surface area contributed by atoms with Crippen LogP contribution in [0.1, 0.15) is 27.7 Å². The van der Waals surface area contributed by atoms with Crippen molar-refractivity contribution < 1.29 is 31.7 Å². The van der Waals surface area contributed by atoms with Gasteiger partial charge in [0.05, 0.1) is 19.1 Å². The van der Waals surface area contributed by atoms with Crippen LogP contribution in [0.25, 0.3) is 0 Å². The summed E-state index contributed by atoms with van der Waals surface area (Å²) in [5, 5.41) is 0. The van der Waals surface area contributed by atoms with Crippen LogP contribution in [0.15, 0.2) is 12.0 Å². The van der Waals surface area contributed by atoms with Gasteiger partial charge in [0, 0.05) is 6.54 Å². The Balaban J connectivity index is 2.96. The molecule has 22 heavy (non-hydrogen) atoms. The van der Waals surface area contributed by atoms with E-state index < -0.39 is 33.7 Å². The van der Waals surface area contributed by atoms with E-state index in [-0.39, 0.29) is 18.9 Å². The summed E-state index contributed by atoms with van der Waals surface area (Å²) in [6.45, 7) is 6.75. The number of hydrogen-bond acceptors (Lipinski definition) is 7. The minimum atomic E-state index is -3.83. The molecule has 0 radical (unpaired) electrons. The van der Waals surface area contributed by atoms with Gasteiger partial charge in [0.25, 0.3) is 0 Å². The predicted octanol–water partition coefficient (Wildman–Crippen LogP) is 1.23. The van der Waals surface area contributed by atoms with E-state index in [1.54, 1.807) is 27.7 Å². The van der Waals surface area contributed by atoms with E-state index in [1.165, 1.54) is 0 Å². The Morgan fingerprint density at radius 2 is 1.95 bits per heavy atom. The Bertz CT molecular complexity index is 574. The number of esters is 1. The number of amides is 1. The summed E-state index contributed by atoms with van der Waals surface area (Å²) in [6, 6.07) is 0. The molecule has 126 valence electrons. The fraction of sp³-hybridized carbons (Fsp3) is 0.692. The molecule has 0 aromatic heterocycles. The van der Waals surface area contributed by atoms with Crippen LogP contribution in [-0.4, -0.2) is 50.4 Å². The first-order chi connectivity index (χ1) is 9.93. The van der Waals surface area contributed by atoms with E-state index in [0.29, 0.717) is 0 Å². The van der Waals surface area contributed by atoms with Gasteiger partial charge in [-0.25, -0.2) is 4.79 Å². The van der Waals surface area contributed by atoms with E-state index in [2.05, 4.69) is 0 Å². The van der Waals surface area contributed by atoms with Gasteiger partial charge in [0.2, 0.25) is 0 Å². The molecule has 1 amide bonds. The van der Waals surface area contributed by atoms with E-state index in [1.807, 2.05) is 0 Å². The van der Waals surface area contributed by atoms with Crippen molar-refractivity contribution in [1.29, 1.82) is 0 Å². The van der Waals surface area contributed by atoms with Gasteiger partial charge in [-0.1, -0.05) is 0 Å². The first-order valence-electron chi connectivity index (χ1n) is 6.70. The lowest BCUT2D eigenvalue weighted by molar-refractivity contribution is -0.147. The molecule has 0 saturated heterocycles. The minimum Gasteiger partial charge on any atom is -0.465 e. The van der Waals surface area contributed by atoms with E-state index in [0.717, 1.165) is 17.4 Å². The van der Waals surface area contributed by atoms with Crippen LogP contribution in [0.3, 0.4) is 0 Å². The highest BCUT2D eigenvalue weighted by molar-refractivity contribution is 7.86. The van der Waals surface area contributed by atoms with Gasteiger partial charge in [0.1, 0.15) is 11.5 Å². The number of nitrogens with zero attached hydrogens (tertiary/aromatic N) is 1. The van der Waals surface area contributed by atoms with Crippen molar-refractivity contribution in [2.24, 2.45) is 5.92 Å². The van der Waals surface area contributed by atoms with E-state index in [9.17, 15) is 18.0 Å². The largest absolute Gasteiger partial charge is 0.465 e. The molecule has 0 bridgehead atoms. The molecule has 0 aromatic rings. The predicted molar refractivity (Wildman–Crippen MR) is 77.1 cm³/mol. The fourth-order valence-electron chi connectivity index (χ4n) is 1.72. The lowest BCUT2D eigenvalue weighted by Gasteiger charge is -2.23. The lowest BCUT2D eigenvalue weighted by Crippen LogP contribution is -2.35. The molecule has 0 spiro atoms. The van der Waals surface area contributed by atoms with Crippen molar-refractivity contribution >= 4 is 22.2 Å². The molecule has 1 aliphatic rings. The van der Waals surface area contributed by atoms with Crippen LogP contribution in [0.2, 0.25) is 0 Å². The topological polar surface area (TPSA) is 99.2 Å². The van der Waals surface area contributed by atoms with Crippen molar-refractivity contribution in [2.75, 3.05) is 19.4 Å². The Labute approximate surface area is 130 Å². The summed E-state index contributed by atoms with van der Waals surface area (Å²) in [5.41, 5.74) is -0.717. The van der Waals surface area contributed by atoms with Crippen LogP contribution in [0, 0.1) is 5.92 Å². The first kappa shape index (κ1) is 18.3. The molecule has 1 unspecified atom stereocenters. The second-order valence-corrected chi connectivity index (χ2v) is 7.33. The molecule has 0 aromatic carbocycles. The average Bonchev–Trinajstić information content (AvgIpc) is 2.68. The number of ether oxygens (including phenoxy) is 2. The lowest BCUT2D eigenvalue weighted by atomic mass is 10.1. The third-order valence-corrected chi connectivity index (χ3v) is 2.95. The van der Waals surface area contributed by atoms with Crippen molar-refractivity contribution in [2.45, 2.75) is 33.3 Å². The van der Waals surface area contributed by atoms with Crippen molar-refractivity contribution in [3.05, 3.63) is 12.0 Å². The summed E-state index contributed by atoms with van der Waals surface area (Å²) < 4.78 is 37.3. The maximum absolute atomic E-state index is 12.0. The molecule has 9 heteroatoms. The zero-order chi connectivity index (χ0) is 17.1. The van der Waals surface area contributed by atoms with Gasteiger partial charge in [-0.3, -0.25) is 9.69 Å². The third-order valence-electron chi connectivity index (χ3n) is 2.45. The van der Waals surface area contributed by atoms with Gasteiger partial charge < -0.3 is 13.7 Å².